The topological polar surface area (TPSA) is 105 Å². The monoisotopic (exact) mass is 469 g/mol. The zero-order valence-electron chi connectivity index (χ0n) is 18.7. The molecule has 2 heterocycles. The Balaban J connectivity index is 1.56. The van der Waals surface area contributed by atoms with Crippen molar-refractivity contribution in [3.05, 3.63) is 70.1 Å². The molecule has 1 amide bonds. The Morgan fingerprint density at radius 1 is 1.00 bits per heavy atom. The summed E-state index contributed by atoms with van der Waals surface area (Å²) < 4.78 is 28.9. The number of sulfonamides is 1. The van der Waals surface area contributed by atoms with Crippen molar-refractivity contribution in [2.24, 2.45) is 0 Å². The molecule has 10 heteroatoms. The number of benzene rings is 2. The summed E-state index contributed by atoms with van der Waals surface area (Å²) >= 11 is 0. The molecule has 4 rings (SSSR count). The second kappa shape index (κ2) is 9.42. The van der Waals surface area contributed by atoms with Gasteiger partial charge < -0.3 is 5.32 Å². The predicted octanol–water partition coefficient (Wildman–Crippen LogP) is 1.42. The van der Waals surface area contributed by atoms with Crippen LogP contribution in [-0.2, 0) is 16.7 Å². The molecule has 0 aliphatic carbocycles. The summed E-state index contributed by atoms with van der Waals surface area (Å²) in [5, 5.41) is 7.83. The molecule has 1 N–H and O–H groups in total. The second-order valence-electron chi connectivity index (χ2n) is 8.11. The number of nitrogens with zero attached hydrogens (tertiary/aromatic N) is 4. The number of nitrogens with one attached hydrogen (secondary N) is 1. The Kier molecular flexibility index (Phi) is 6.59. The third-order valence-electron chi connectivity index (χ3n) is 5.85. The van der Waals surface area contributed by atoms with Crippen molar-refractivity contribution in [3.63, 3.8) is 0 Å². The minimum atomic E-state index is -3.59. The van der Waals surface area contributed by atoms with E-state index in [1.807, 2.05) is 11.8 Å². The summed E-state index contributed by atoms with van der Waals surface area (Å²) in [5.74, 6) is -0.369. The van der Waals surface area contributed by atoms with Crippen molar-refractivity contribution in [1.29, 1.82) is 0 Å². The van der Waals surface area contributed by atoms with Crippen LogP contribution in [-0.4, -0.2) is 66.5 Å². The van der Waals surface area contributed by atoms with Gasteiger partial charge in [-0.05, 0) is 31.5 Å². The van der Waals surface area contributed by atoms with E-state index < -0.39 is 10.0 Å². The average molecular weight is 470 g/mol. The van der Waals surface area contributed by atoms with Gasteiger partial charge in [-0.1, -0.05) is 35.9 Å². The van der Waals surface area contributed by atoms with E-state index in [2.05, 4.69) is 10.4 Å². The van der Waals surface area contributed by atoms with Gasteiger partial charge in [0.15, 0.2) is 5.69 Å². The van der Waals surface area contributed by atoms with Crippen LogP contribution in [0.15, 0.2) is 58.2 Å². The standard InChI is InChI=1S/C23H27N5O4S/c1-17-8-10-18(11-9-17)33(31,32)27-13-5-12-26(14-15-27)16-28-23(30)20-7-4-3-6-19(20)21(25-28)22(29)24-2/h3-4,6-11H,5,12-16H2,1-2H3,(H,24,29). The molecule has 3 aromatic rings. The summed E-state index contributed by atoms with van der Waals surface area (Å²) in [4.78, 5) is 27.7. The number of carbonyl (C=O) groups excluding carboxylic acids is 1. The fraction of sp³-hybridized carbons (Fsp3) is 0.348. The Labute approximate surface area is 192 Å². The quantitative estimate of drug-likeness (QED) is 0.606. The number of aryl methyl sites for hydroxylation is 1. The van der Waals surface area contributed by atoms with E-state index in [0.717, 1.165) is 5.56 Å². The van der Waals surface area contributed by atoms with Gasteiger partial charge >= 0.3 is 0 Å². The summed E-state index contributed by atoms with van der Waals surface area (Å²) in [6.45, 7) is 3.85. The minimum absolute atomic E-state index is 0.173. The molecule has 0 radical (unpaired) electrons. The van der Waals surface area contributed by atoms with E-state index in [0.29, 0.717) is 43.4 Å². The number of rotatable bonds is 5. The predicted molar refractivity (Wildman–Crippen MR) is 126 cm³/mol. The smallest absolute Gasteiger partial charge is 0.275 e. The van der Waals surface area contributed by atoms with Crippen molar-refractivity contribution < 1.29 is 13.2 Å². The summed E-state index contributed by atoms with van der Waals surface area (Å²) in [5.41, 5.74) is 0.901. The minimum Gasteiger partial charge on any atom is -0.354 e. The first-order valence-corrected chi connectivity index (χ1v) is 12.3. The molecule has 1 aliphatic heterocycles. The maximum absolute atomic E-state index is 13.1. The molecule has 1 aliphatic rings. The highest BCUT2D eigenvalue weighted by Gasteiger charge is 2.27. The van der Waals surface area contributed by atoms with Crippen molar-refractivity contribution in [3.8, 4) is 0 Å². The van der Waals surface area contributed by atoms with Crippen LogP contribution >= 0.6 is 0 Å². The van der Waals surface area contributed by atoms with Crippen molar-refractivity contribution in [1.82, 2.24) is 24.3 Å². The van der Waals surface area contributed by atoms with E-state index in [4.69, 9.17) is 0 Å². The van der Waals surface area contributed by atoms with Gasteiger partial charge in [0.25, 0.3) is 11.5 Å². The Hall–Kier alpha value is -3.08. The normalized spacial score (nSPS) is 15.9. The van der Waals surface area contributed by atoms with Crippen molar-refractivity contribution in [2.45, 2.75) is 24.9 Å². The molecule has 9 nitrogen and oxygen atoms in total. The summed E-state index contributed by atoms with van der Waals surface area (Å²) in [7, 11) is -2.07. The highest BCUT2D eigenvalue weighted by Crippen LogP contribution is 2.19. The van der Waals surface area contributed by atoms with Crippen molar-refractivity contribution >= 4 is 26.7 Å². The van der Waals surface area contributed by atoms with Crippen LogP contribution in [0.5, 0.6) is 0 Å². The van der Waals surface area contributed by atoms with Gasteiger partial charge in [-0.2, -0.15) is 9.40 Å². The van der Waals surface area contributed by atoms with Crippen LogP contribution in [0.1, 0.15) is 22.5 Å². The molecule has 2 aromatic carbocycles. The Morgan fingerprint density at radius 3 is 2.39 bits per heavy atom. The van der Waals surface area contributed by atoms with Gasteiger partial charge in [0.05, 0.1) is 17.0 Å². The lowest BCUT2D eigenvalue weighted by molar-refractivity contribution is 0.0955. The summed E-state index contributed by atoms with van der Waals surface area (Å²) in [6, 6.07) is 13.7. The SMILES string of the molecule is CNC(=O)c1nn(CN2CCCN(S(=O)(=O)c3ccc(C)cc3)CC2)c(=O)c2ccccc12. The highest BCUT2D eigenvalue weighted by molar-refractivity contribution is 7.89. The molecule has 0 spiro atoms. The lowest BCUT2D eigenvalue weighted by atomic mass is 10.1. The first kappa shape index (κ1) is 23.1. The van der Waals surface area contributed by atoms with Gasteiger partial charge in [-0.3, -0.25) is 14.5 Å². The van der Waals surface area contributed by atoms with Crippen molar-refractivity contribution in [2.75, 3.05) is 33.2 Å². The molecule has 0 atom stereocenters. The lowest BCUT2D eigenvalue weighted by Crippen LogP contribution is -2.38. The molecule has 33 heavy (non-hydrogen) atoms. The number of carbonyl (C=O) groups is 1. The lowest BCUT2D eigenvalue weighted by Gasteiger charge is -2.22. The molecule has 0 saturated carbocycles. The zero-order valence-corrected chi connectivity index (χ0v) is 19.5. The van der Waals surface area contributed by atoms with E-state index in [9.17, 15) is 18.0 Å². The van der Waals surface area contributed by atoms with Gasteiger partial charge in [0, 0.05) is 38.6 Å². The van der Waals surface area contributed by atoms with Crippen LogP contribution in [0.3, 0.4) is 0 Å². The van der Waals surface area contributed by atoms with Crippen LogP contribution in [0.4, 0.5) is 0 Å². The fourth-order valence-corrected chi connectivity index (χ4v) is 5.46. The van der Waals surface area contributed by atoms with Gasteiger partial charge in [0.2, 0.25) is 10.0 Å². The largest absolute Gasteiger partial charge is 0.354 e. The zero-order chi connectivity index (χ0) is 23.6. The van der Waals surface area contributed by atoms with E-state index in [-0.39, 0.29) is 28.7 Å². The number of hydrogen-bond donors (Lipinski definition) is 1. The molecule has 174 valence electrons. The van der Waals surface area contributed by atoms with Crippen LogP contribution < -0.4 is 10.9 Å². The third-order valence-corrected chi connectivity index (χ3v) is 7.76. The van der Waals surface area contributed by atoms with E-state index >= 15 is 0 Å². The van der Waals surface area contributed by atoms with Gasteiger partial charge in [0.1, 0.15) is 0 Å². The molecule has 1 saturated heterocycles. The second-order valence-corrected chi connectivity index (χ2v) is 10.0. The summed E-state index contributed by atoms with van der Waals surface area (Å²) in [6.07, 6.45) is 0.621. The van der Waals surface area contributed by atoms with Crippen LogP contribution in [0, 0.1) is 6.92 Å². The fourth-order valence-electron chi connectivity index (χ4n) is 3.99. The average Bonchev–Trinajstić information content (AvgIpc) is 3.07. The maximum Gasteiger partial charge on any atom is 0.275 e. The number of hydrogen-bond acceptors (Lipinski definition) is 6. The molecular weight excluding hydrogens is 442 g/mol. The van der Waals surface area contributed by atoms with Crippen LogP contribution in [0.2, 0.25) is 0 Å². The maximum atomic E-state index is 13.1. The molecule has 0 unspecified atom stereocenters. The number of amides is 1. The molecule has 1 aromatic heterocycles. The number of fused-ring (bicyclic) bond motifs is 1. The molecule has 0 bridgehead atoms. The van der Waals surface area contributed by atoms with Crippen LogP contribution in [0.25, 0.3) is 10.8 Å². The number of aromatic nitrogens is 2. The first-order valence-electron chi connectivity index (χ1n) is 10.8. The first-order chi connectivity index (χ1) is 15.8. The Morgan fingerprint density at radius 2 is 1.70 bits per heavy atom. The molecular formula is C23H27N5O4S. The highest BCUT2D eigenvalue weighted by atomic mass is 32.2. The van der Waals surface area contributed by atoms with E-state index in [1.165, 1.54) is 16.0 Å². The van der Waals surface area contributed by atoms with Gasteiger partial charge in [-0.25, -0.2) is 13.1 Å². The molecule has 1 fully saturated rings. The van der Waals surface area contributed by atoms with Gasteiger partial charge in [-0.15, -0.1) is 0 Å². The third kappa shape index (κ3) is 4.68. The Bertz CT molecular complexity index is 1340. The van der Waals surface area contributed by atoms with E-state index in [1.54, 1.807) is 48.5 Å².